The number of benzene rings is 1. The van der Waals surface area contributed by atoms with Crippen molar-refractivity contribution in [2.24, 2.45) is 0 Å². The van der Waals surface area contributed by atoms with Crippen LogP contribution in [0.3, 0.4) is 0 Å². The zero-order valence-corrected chi connectivity index (χ0v) is 18.8. The van der Waals surface area contributed by atoms with Crippen LogP contribution in [-0.2, 0) is 25.5 Å². The van der Waals surface area contributed by atoms with Gasteiger partial charge in [0.15, 0.2) is 17.3 Å². The smallest absolute Gasteiger partial charge is 0.343 e. The topological polar surface area (TPSA) is 74.3 Å². The highest BCUT2D eigenvalue weighted by atomic mass is 16.5. The first kappa shape index (κ1) is 22.1. The summed E-state index contributed by atoms with van der Waals surface area (Å²) in [6, 6.07) is 3.85. The number of carbonyl (C=O) groups is 2. The number of esters is 1. The van der Waals surface area contributed by atoms with Crippen LogP contribution in [0, 0.1) is 0 Å². The molecular weight excluding hydrogens is 410 g/mol. The first-order chi connectivity index (χ1) is 15.6. The predicted molar refractivity (Wildman–Crippen MR) is 119 cm³/mol. The molecule has 0 saturated carbocycles. The lowest BCUT2D eigenvalue weighted by Crippen LogP contribution is -2.46. The largest absolute Gasteiger partial charge is 0.493 e. The van der Waals surface area contributed by atoms with Gasteiger partial charge in [-0.3, -0.25) is 4.79 Å². The van der Waals surface area contributed by atoms with Gasteiger partial charge in [-0.1, -0.05) is 18.2 Å². The van der Waals surface area contributed by atoms with Gasteiger partial charge in [0, 0.05) is 32.8 Å². The Morgan fingerprint density at radius 2 is 1.94 bits per heavy atom. The average Bonchev–Trinajstić information content (AvgIpc) is 2.75. The van der Waals surface area contributed by atoms with E-state index in [1.807, 2.05) is 18.2 Å². The summed E-state index contributed by atoms with van der Waals surface area (Å²) in [7, 11) is 3.28. The second-order valence-electron chi connectivity index (χ2n) is 8.00. The molecule has 0 aromatic heterocycles. The molecule has 2 unspecified atom stereocenters. The van der Waals surface area contributed by atoms with Crippen molar-refractivity contribution in [1.82, 2.24) is 4.90 Å². The minimum atomic E-state index is -0.559. The van der Waals surface area contributed by atoms with Crippen LogP contribution in [0.2, 0.25) is 0 Å². The minimum absolute atomic E-state index is 0.0322. The Balaban J connectivity index is 1.70. The van der Waals surface area contributed by atoms with E-state index in [0.29, 0.717) is 24.7 Å². The normalized spacial score (nSPS) is 21.1. The summed E-state index contributed by atoms with van der Waals surface area (Å²) in [5, 5.41) is 0. The lowest BCUT2D eigenvalue weighted by Gasteiger charge is -2.46. The van der Waals surface area contributed by atoms with Crippen LogP contribution in [0.15, 0.2) is 47.7 Å². The number of hydrogen-bond donors (Lipinski definition) is 0. The Bertz CT molecular complexity index is 992. The van der Waals surface area contributed by atoms with Crippen molar-refractivity contribution in [3.05, 3.63) is 58.8 Å². The van der Waals surface area contributed by atoms with Gasteiger partial charge in [-0.15, -0.1) is 0 Å². The lowest BCUT2D eigenvalue weighted by atomic mass is 9.79. The number of ketones is 1. The number of fused-ring (bicyclic) bond motifs is 3. The van der Waals surface area contributed by atoms with Crippen molar-refractivity contribution in [3.8, 4) is 11.5 Å². The molecule has 0 amide bonds. The molecule has 170 valence electrons. The van der Waals surface area contributed by atoms with Gasteiger partial charge in [0.05, 0.1) is 32.4 Å². The van der Waals surface area contributed by atoms with Gasteiger partial charge in [0.2, 0.25) is 0 Å². The third-order valence-electron chi connectivity index (χ3n) is 6.08. The van der Waals surface area contributed by atoms with E-state index < -0.39 is 5.97 Å². The summed E-state index contributed by atoms with van der Waals surface area (Å²) in [5.41, 5.74) is 3.44. The van der Waals surface area contributed by atoms with E-state index in [2.05, 4.69) is 17.1 Å². The van der Waals surface area contributed by atoms with Gasteiger partial charge in [-0.2, -0.15) is 0 Å². The van der Waals surface area contributed by atoms with Crippen LogP contribution in [-0.4, -0.2) is 56.7 Å². The van der Waals surface area contributed by atoms with Crippen molar-refractivity contribution < 1.29 is 28.5 Å². The number of carbonyl (C=O) groups excluding carboxylic acids is 2. The monoisotopic (exact) mass is 439 g/mol. The Morgan fingerprint density at radius 1 is 1.12 bits per heavy atom. The van der Waals surface area contributed by atoms with E-state index in [1.54, 1.807) is 27.3 Å². The van der Waals surface area contributed by atoms with Crippen molar-refractivity contribution in [1.29, 1.82) is 0 Å². The second kappa shape index (κ2) is 9.61. The molecule has 7 nitrogen and oxygen atoms in total. The van der Waals surface area contributed by atoms with Crippen LogP contribution < -0.4 is 9.47 Å². The molecule has 0 bridgehead atoms. The molecular formula is C25H29NO6. The molecule has 0 spiro atoms. The highest BCUT2D eigenvalue weighted by molar-refractivity contribution is 6.17. The molecule has 0 saturated heterocycles. The molecule has 3 aliphatic rings. The van der Waals surface area contributed by atoms with Crippen molar-refractivity contribution in [2.75, 3.05) is 34.0 Å². The molecule has 0 N–H and O–H groups in total. The molecule has 1 aliphatic carbocycles. The Hall–Kier alpha value is -3.06. The first-order valence-corrected chi connectivity index (χ1v) is 11.0. The van der Waals surface area contributed by atoms with Crippen LogP contribution in [0.4, 0.5) is 0 Å². The lowest BCUT2D eigenvalue weighted by molar-refractivity contribution is -0.140. The number of Topliss-reactive ketones (excluding diaryl/α,β-unsaturated/α-hetero) is 1. The second-order valence-corrected chi connectivity index (χ2v) is 8.00. The maximum Gasteiger partial charge on any atom is 0.343 e. The number of ether oxygens (including phenoxy) is 4. The van der Waals surface area contributed by atoms with E-state index in [0.717, 1.165) is 24.0 Å². The number of nitrogens with zero attached hydrogens (tertiary/aromatic N) is 1. The fourth-order valence-electron chi connectivity index (χ4n) is 4.45. The summed E-state index contributed by atoms with van der Waals surface area (Å²) in [5.74, 6) is 0.567. The first-order valence-electron chi connectivity index (χ1n) is 11.0. The zero-order valence-electron chi connectivity index (χ0n) is 18.8. The number of allylic oxidation sites excluding steroid dienone is 2. The van der Waals surface area contributed by atoms with Crippen molar-refractivity contribution in [2.45, 2.75) is 38.3 Å². The van der Waals surface area contributed by atoms with Gasteiger partial charge >= 0.3 is 5.97 Å². The number of hydrogen-bond acceptors (Lipinski definition) is 7. The number of methoxy groups -OCH3 is 2. The SMILES string of the molecule is CCOC(=O)C1=CN2C(C3=CC=C3)Cc3cc(OCCCOC)c(OC)cc3C2CC1=O. The molecule has 2 atom stereocenters. The van der Waals surface area contributed by atoms with E-state index in [1.165, 1.54) is 5.57 Å². The van der Waals surface area contributed by atoms with Gasteiger partial charge in [-0.25, -0.2) is 4.79 Å². The summed E-state index contributed by atoms with van der Waals surface area (Å²) in [6.45, 7) is 3.13. The molecule has 2 heterocycles. The number of rotatable bonds is 9. The third kappa shape index (κ3) is 4.17. The maximum atomic E-state index is 12.9. The quantitative estimate of drug-likeness (QED) is 0.332. The molecule has 4 rings (SSSR count). The fourth-order valence-corrected chi connectivity index (χ4v) is 4.45. The molecule has 7 heteroatoms. The summed E-state index contributed by atoms with van der Waals surface area (Å²) in [4.78, 5) is 27.4. The van der Waals surface area contributed by atoms with E-state index in [-0.39, 0.29) is 36.5 Å². The molecule has 32 heavy (non-hydrogen) atoms. The fraction of sp³-hybridized carbons (Fsp3) is 0.440. The minimum Gasteiger partial charge on any atom is -0.493 e. The Morgan fingerprint density at radius 3 is 2.59 bits per heavy atom. The molecule has 2 aliphatic heterocycles. The predicted octanol–water partition coefficient (Wildman–Crippen LogP) is 3.29. The summed E-state index contributed by atoms with van der Waals surface area (Å²) < 4.78 is 21.8. The molecule has 0 fully saturated rings. The van der Waals surface area contributed by atoms with Crippen LogP contribution in [0.5, 0.6) is 11.5 Å². The standard InChI is InChI=1S/C25H29NO6/c1-4-31-25(28)19-15-26-20(16-7-5-8-16)11-17-12-24(32-10-6-9-29-2)23(30-3)13-18(17)21(26)14-22(19)27/h5,7-8,12-13,15,20-21H,4,6,9-11,14H2,1-3H3. The van der Waals surface area contributed by atoms with Crippen LogP contribution in [0.25, 0.3) is 0 Å². The van der Waals surface area contributed by atoms with E-state index in [4.69, 9.17) is 18.9 Å². The Kier molecular flexibility index (Phi) is 6.65. The van der Waals surface area contributed by atoms with Gasteiger partial charge in [0.1, 0.15) is 5.57 Å². The van der Waals surface area contributed by atoms with Gasteiger partial charge in [-0.05, 0) is 42.2 Å². The molecule has 1 aromatic carbocycles. The Labute approximate surface area is 188 Å². The highest BCUT2D eigenvalue weighted by Crippen LogP contribution is 2.45. The van der Waals surface area contributed by atoms with Crippen molar-refractivity contribution in [3.63, 3.8) is 0 Å². The average molecular weight is 440 g/mol. The third-order valence-corrected chi connectivity index (χ3v) is 6.08. The van der Waals surface area contributed by atoms with Crippen molar-refractivity contribution >= 4 is 11.8 Å². The highest BCUT2D eigenvalue weighted by Gasteiger charge is 2.41. The van der Waals surface area contributed by atoms with Crippen LogP contribution >= 0.6 is 0 Å². The van der Waals surface area contributed by atoms with Crippen LogP contribution in [0.1, 0.15) is 36.9 Å². The zero-order chi connectivity index (χ0) is 22.7. The summed E-state index contributed by atoms with van der Waals surface area (Å²) in [6.07, 6.45) is 9.58. The van der Waals surface area contributed by atoms with E-state index >= 15 is 0 Å². The maximum absolute atomic E-state index is 12.9. The molecule has 0 radical (unpaired) electrons. The van der Waals surface area contributed by atoms with Gasteiger partial charge < -0.3 is 23.8 Å². The summed E-state index contributed by atoms with van der Waals surface area (Å²) >= 11 is 0. The van der Waals surface area contributed by atoms with Gasteiger partial charge in [0.25, 0.3) is 0 Å². The molecule has 1 aromatic rings. The van der Waals surface area contributed by atoms with E-state index in [9.17, 15) is 9.59 Å².